The van der Waals surface area contributed by atoms with Crippen LogP contribution in [0, 0.1) is 22.7 Å². The number of benzene rings is 1. The van der Waals surface area contributed by atoms with E-state index in [0.717, 1.165) is 5.57 Å². The highest BCUT2D eigenvalue weighted by atomic mass is 16.6. The quantitative estimate of drug-likeness (QED) is 0.449. The number of aliphatic hydroxyl groups excluding tert-OH is 2. The summed E-state index contributed by atoms with van der Waals surface area (Å²) in [6.45, 7) is 7.48. The van der Waals surface area contributed by atoms with E-state index < -0.39 is 52.4 Å². The lowest BCUT2D eigenvalue weighted by molar-refractivity contribution is -0.274. The maximum Gasteiger partial charge on any atom is 0.338 e. The molecule has 3 aliphatic carbocycles. The molecule has 3 N–H and O–H groups in total. The van der Waals surface area contributed by atoms with Gasteiger partial charge in [0.1, 0.15) is 17.8 Å². The molecule has 6 unspecified atom stereocenters. The molecule has 8 atom stereocenters. The van der Waals surface area contributed by atoms with Crippen molar-refractivity contribution in [3.05, 3.63) is 47.0 Å². The molecule has 34 heavy (non-hydrogen) atoms. The molecule has 7 nitrogen and oxygen atoms in total. The average Bonchev–Trinajstić information content (AvgIpc) is 2.79. The molecule has 4 aliphatic rings. The largest absolute Gasteiger partial charge is 0.455 e. The Hall–Kier alpha value is -2.06. The van der Waals surface area contributed by atoms with Crippen molar-refractivity contribution in [1.29, 1.82) is 0 Å². The summed E-state index contributed by atoms with van der Waals surface area (Å²) >= 11 is 0. The van der Waals surface area contributed by atoms with Gasteiger partial charge in [0.15, 0.2) is 5.78 Å². The van der Waals surface area contributed by atoms with Crippen molar-refractivity contribution >= 4 is 11.8 Å². The lowest BCUT2D eigenvalue weighted by Crippen LogP contribution is -2.74. The van der Waals surface area contributed by atoms with E-state index in [1.165, 1.54) is 0 Å². The molecule has 2 bridgehead atoms. The van der Waals surface area contributed by atoms with E-state index in [-0.39, 0.29) is 18.4 Å². The van der Waals surface area contributed by atoms with E-state index in [1.807, 2.05) is 20.8 Å². The predicted octanol–water partition coefficient (Wildman–Crippen LogP) is 2.43. The van der Waals surface area contributed by atoms with Gasteiger partial charge in [0.25, 0.3) is 0 Å². The minimum atomic E-state index is -1.56. The number of allylic oxidation sites excluding steroid dienone is 1. The lowest BCUT2D eigenvalue weighted by atomic mass is 9.46. The maximum atomic E-state index is 14.0. The van der Waals surface area contributed by atoms with Crippen LogP contribution in [-0.2, 0) is 14.3 Å². The van der Waals surface area contributed by atoms with Crippen LogP contribution in [0.5, 0.6) is 0 Å². The minimum absolute atomic E-state index is 0.188. The standard InChI is InChI=1S/C27H34O7/c1-14-10-11-27(32)23(34-24(31)15-8-6-5-7-9-15)20-16-13-33-17(16)12-18(28)26(20,4)22(30)21(29)19(14)25(27,2)3/h5-9,16-18,20-21,23,28-29,32H,10-13H2,1-4H3/t16?,17-,18?,20?,21?,23+,26?,27?/m1/s1. The molecular weight excluding hydrogens is 436 g/mol. The van der Waals surface area contributed by atoms with Crippen LogP contribution in [-0.4, -0.2) is 63.7 Å². The van der Waals surface area contributed by atoms with Crippen LogP contribution in [0.2, 0.25) is 0 Å². The first-order valence-electron chi connectivity index (χ1n) is 12.1. The molecule has 1 aromatic carbocycles. The Morgan fingerprint density at radius 3 is 2.44 bits per heavy atom. The van der Waals surface area contributed by atoms with E-state index in [4.69, 9.17) is 9.47 Å². The number of ether oxygens (including phenoxy) is 2. The van der Waals surface area contributed by atoms with Crippen molar-refractivity contribution in [3.8, 4) is 0 Å². The number of aliphatic hydroxyl groups is 3. The summed E-state index contributed by atoms with van der Waals surface area (Å²) in [4.78, 5) is 27.3. The normalized spacial score (nSPS) is 43.1. The first kappa shape index (κ1) is 23.7. The molecule has 5 rings (SSSR count). The van der Waals surface area contributed by atoms with Crippen LogP contribution < -0.4 is 0 Å². The van der Waals surface area contributed by atoms with Crippen molar-refractivity contribution in [2.75, 3.05) is 6.61 Å². The second-order valence-electron chi connectivity index (χ2n) is 11.3. The molecule has 3 fully saturated rings. The maximum absolute atomic E-state index is 14.0. The Morgan fingerprint density at radius 2 is 1.82 bits per heavy atom. The first-order valence-corrected chi connectivity index (χ1v) is 12.1. The van der Waals surface area contributed by atoms with E-state index in [9.17, 15) is 24.9 Å². The summed E-state index contributed by atoms with van der Waals surface area (Å²) in [7, 11) is 0. The summed E-state index contributed by atoms with van der Waals surface area (Å²) in [6.07, 6.45) is -2.89. The molecule has 0 aromatic heterocycles. The van der Waals surface area contributed by atoms with Gasteiger partial charge in [0.05, 0.1) is 29.8 Å². The summed E-state index contributed by atoms with van der Waals surface area (Å²) in [5.74, 6) is -1.97. The zero-order chi connectivity index (χ0) is 24.6. The fourth-order valence-electron chi connectivity index (χ4n) is 7.24. The number of carbonyl (C=O) groups excluding carboxylic acids is 2. The number of rotatable bonds is 2. The third-order valence-corrected chi connectivity index (χ3v) is 9.47. The van der Waals surface area contributed by atoms with Crippen molar-refractivity contribution in [3.63, 3.8) is 0 Å². The van der Waals surface area contributed by atoms with Crippen LogP contribution in [0.4, 0.5) is 0 Å². The third-order valence-electron chi connectivity index (χ3n) is 9.47. The Bertz CT molecular complexity index is 1050. The van der Waals surface area contributed by atoms with E-state index in [2.05, 4.69) is 0 Å². The van der Waals surface area contributed by atoms with Gasteiger partial charge in [0, 0.05) is 23.7 Å². The van der Waals surface area contributed by atoms with Crippen molar-refractivity contribution < 1.29 is 34.4 Å². The molecule has 1 aromatic rings. The van der Waals surface area contributed by atoms with Gasteiger partial charge in [-0.05, 0) is 44.4 Å². The minimum Gasteiger partial charge on any atom is -0.455 e. The van der Waals surface area contributed by atoms with E-state index >= 15 is 0 Å². The highest BCUT2D eigenvalue weighted by Crippen LogP contribution is 2.61. The van der Waals surface area contributed by atoms with Crippen LogP contribution in [0.3, 0.4) is 0 Å². The van der Waals surface area contributed by atoms with Gasteiger partial charge < -0.3 is 24.8 Å². The Kier molecular flexibility index (Phi) is 5.37. The van der Waals surface area contributed by atoms with Gasteiger partial charge >= 0.3 is 5.97 Å². The van der Waals surface area contributed by atoms with Gasteiger partial charge in [-0.1, -0.05) is 37.6 Å². The number of hydrogen-bond acceptors (Lipinski definition) is 7. The van der Waals surface area contributed by atoms with E-state index in [0.29, 0.717) is 30.6 Å². The first-order chi connectivity index (χ1) is 15.9. The van der Waals surface area contributed by atoms with Gasteiger partial charge in [-0.2, -0.15) is 0 Å². The topological polar surface area (TPSA) is 113 Å². The Balaban J connectivity index is 1.72. The number of hydrogen-bond donors (Lipinski definition) is 3. The van der Waals surface area contributed by atoms with Crippen molar-refractivity contribution in [2.24, 2.45) is 22.7 Å². The van der Waals surface area contributed by atoms with Gasteiger partial charge in [0.2, 0.25) is 0 Å². The smallest absolute Gasteiger partial charge is 0.338 e. The molecular formula is C27H34O7. The number of carbonyl (C=O) groups is 2. The van der Waals surface area contributed by atoms with Crippen molar-refractivity contribution in [1.82, 2.24) is 0 Å². The van der Waals surface area contributed by atoms with Crippen LogP contribution in [0.15, 0.2) is 41.5 Å². The second-order valence-corrected chi connectivity index (χ2v) is 11.3. The number of Topliss-reactive ketones (excluding diaryl/α,β-unsaturated/α-hetero) is 1. The highest BCUT2D eigenvalue weighted by Gasteiger charge is 2.71. The van der Waals surface area contributed by atoms with Gasteiger partial charge in [-0.15, -0.1) is 0 Å². The zero-order valence-corrected chi connectivity index (χ0v) is 20.2. The Morgan fingerprint density at radius 1 is 1.15 bits per heavy atom. The molecule has 2 saturated carbocycles. The van der Waals surface area contributed by atoms with Crippen molar-refractivity contribution in [2.45, 2.75) is 77.0 Å². The Labute approximate surface area is 199 Å². The van der Waals surface area contributed by atoms with Gasteiger partial charge in [-0.25, -0.2) is 4.79 Å². The number of ketones is 1. The average molecular weight is 471 g/mol. The lowest BCUT2D eigenvalue weighted by Gasteiger charge is -2.64. The third kappa shape index (κ3) is 2.97. The zero-order valence-electron chi connectivity index (χ0n) is 20.2. The predicted molar refractivity (Wildman–Crippen MR) is 123 cm³/mol. The molecule has 7 heteroatoms. The van der Waals surface area contributed by atoms with Gasteiger partial charge in [-0.3, -0.25) is 4.79 Å². The highest BCUT2D eigenvalue weighted by molar-refractivity contribution is 5.93. The molecule has 1 saturated heterocycles. The van der Waals surface area contributed by atoms with Crippen LogP contribution >= 0.6 is 0 Å². The molecule has 184 valence electrons. The molecule has 0 radical (unpaired) electrons. The second kappa shape index (κ2) is 7.72. The van der Waals surface area contributed by atoms with Crippen LogP contribution in [0.25, 0.3) is 0 Å². The molecule has 1 aliphatic heterocycles. The molecule has 0 spiro atoms. The summed E-state index contributed by atoms with van der Waals surface area (Å²) < 4.78 is 11.9. The number of esters is 1. The summed E-state index contributed by atoms with van der Waals surface area (Å²) in [6, 6.07) is 8.58. The fourth-order valence-corrected chi connectivity index (χ4v) is 7.24. The van der Waals surface area contributed by atoms with E-state index in [1.54, 1.807) is 37.3 Å². The SMILES string of the molecule is CC1=C2C(O)C(=O)C3(C)C(O)C[C@H]4OCC4C3[C@H](OC(=O)c3ccccc3)C(O)(CC1)C2(C)C. The summed E-state index contributed by atoms with van der Waals surface area (Å²) in [5, 5.41) is 35.1. The number of fused-ring (bicyclic) bond motifs is 5. The summed E-state index contributed by atoms with van der Waals surface area (Å²) in [5.41, 5.74) is -2.36. The molecule has 0 amide bonds. The monoisotopic (exact) mass is 470 g/mol. The fraction of sp³-hybridized carbons (Fsp3) is 0.630. The molecule has 1 heterocycles. The van der Waals surface area contributed by atoms with Crippen LogP contribution in [0.1, 0.15) is 57.3 Å².